The zero-order valence-corrected chi connectivity index (χ0v) is 12.7. The second-order valence-corrected chi connectivity index (χ2v) is 5.09. The molecule has 7 nitrogen and oxygen atoms in total. The van der Waals surface area contributed by atoms with Gasteiger partial charge in [0.25, 0.3) is 11.8 Å². The molecule has 0 saturated heterocycles. The van der Waals surface area contributed by atoms with Gasteiger partial charge in [-0.25, -0.2) is 0 Å². The maximum Gasteiger partial charge on any atom is 0.287 e. The van der Waals surface area contributed by atoms with Crippen molar-refractivity contribution in [3.63, 3.8) is 0 Å². The molecule has 2 amide bonds. The number of halogens is 1. The zero-order chi connectivity index (χ0) is 16.2. The van der Waals surface area contributed by atoms with Gasteiger partial charge in [0, 0.05) is 18.7 Å². The Morgan fingerprint density at radius 1 is 1.13 bits per heavy atom. The molecule has 0 saturated carbocycles. The molecule has 0 spiro atoms. The molecule has 2 N–H and O–H groups in total. The van der Waals surface area contributed by atoms with E-state index in [9.17, 15) is 9.59 Å². The van der Waals surface area contributed by atoms with Crippen molar-refractivity contribution in [2.75, 3.05) is 19.9 Å². The Labute approximate surface area is 136 Å². The number of furan rings is 1. The number of carbonyl (C=O) groups is 2. The molecule has 120 valence electrons. The minimum Gasteiger partial charge on any atom is -0.459 e. The molecule has 8 heteroatoms. The minimum atomic E-state index is -0.338. The molecule has 0 unspecified atom stereocenters. The molecule has 3 rings (SSSR count). The maximum atomic E-state index is 12.1. The van der Waals surface area contributed by atoms with E-state index in [1.807, 2.05) is 0 Å². The Balaban J connectivity index is 1.50. The standard InChI is InChI=1S/C15H13ClN2O5/c16-10-6-9(7-12-13(10)23-8-22-12)14(19)17-3-4-18-15(20)11-2-1-5-21-11/h1-2,5-7H,3-4,8H2,(H,17,19)(H,18,20). The predicted octanol–water partition coefficient (Wildman–Crippen LogP) is 1.82. The Morgan fingerprint density at radius 2 is 1.91 bits per heavy atom. The van der Waals surface area contributed by atoms with E-state index in [-0.39, 0.29) is 37.5 Å². The first-order valence-electron chi connectivity index (χ1n) is 6.84. The van der Waals surface area contributed by atoms with Crippen LogP contribution in [-0.2, 0) is 0 Å². The third-order valence-electron chi connectivity index (χ3n) is 3.13. The van der Waals surface area contributed by atoms with Gasteiger partial charge in [0.15, 0.2) is 17.3 Å². The van der Waals surface area contributed by atoms with Crippen LogP contribution in [0.3, 0.4) is 0 Å². The fraction of sp³-hybridized carbons (Fsp3) is 0.200. The SMILES string of the molecule is O=C(NCCNC(=O)c1ccco1)c1cc(Cl)c2c(c1)OCO2. The lowest BCUT2D eigenvalue weighted by molar-refractivity contribution is 0.0910. The average Bonchev–Trinajstić information content (AvgIpc) is 3.21. The predicted molar refractivity (Wildman–Crippen MR) is 80.9 cm³/mol. The van der Waals surface area contributed by atoms with E-state index < -0.39 is 0 Å². The zero-order valence-electron chi connectivity index (χ0n) is 11.9. The molecule has 1 aliphatic heterocycles. The highest BCUT2D eigenvalue weighted by Gasteiger charge is 2.20. The first-order valence-corrected chi connectivity index (χ1v) is 7.22. The van der Waals surface area contributed by atoms with E-state index >= 15 is 0 Å². The smallest absolute Gasteiger partial charge is 0.287 e. The summed E-state index contributed by atoms with van der Waals surface area (Å²) >= 11 is 6.03. The van der Waals surface area contributed by atoms with Crippen molar-refractivity contribution in [1.29, 1.82) is 0 Å². The molecule has 0 fully saturated rings. The van der Waals surface area contributed by atoms with Crippen molar-refractivity contribution in [3.8, 4) is 11.5 Å². The summed E-state index contributed by atoms with van der Waals surface area (Å²) in [5, 5.41) is 5.62. The number of benzene rings is 1. The molecular formula is C15H13ClN2O5. The number of amides is 2. The Morgan fingerprint density at radius 3 is 2.65 bits per heavy atom. The van der Waals surface area contributed by atoms with E-state index in [1.54, 1.807) is 18.2 Å². The number of nitrogens with one attached hydrogen (secondary N) is 2. The molecule has 23 heavy (non-hydrogen) atoms. The Hall–Kier alpha value is -2.67. The summed E-state index contributed by atoms with van der Waals surface area (Å²) in [6.45, 7) is 0.611. The van der Waals surface area contributed by atoms with Crippen molar-refractivity contribution < 1.29 is 23.5 Å². The van der Waals surface area contributed by atoms with Crippen LogP contribution in [-0.4, -0.2) is 31.7 Å². The van der Waals surface area contributed by atoms with Gasteiger partial charge in [0.1, 0.15) is 0 Å². The molecule has 1 aromatic heterocycles. The van der Waals surface area contributed by atoms with E-state index in [0.717, 1.165) is 0 Å². The second-order valence-electron chi connectivity index (χ2n) is 4.68. The van der Waals surface area contributed by atoms with Crippen LogP contribution in [0.5, 0.6) is 11.5 Å². The lowest BCUT2D eigenvalue weighted by atomic mass is 10.2. The van der Waals surface area contributed by atoms with Gasteiger partial charge < -0.3 is 24.5 Å². The molecule has 0 radical (unpaired) electrons. The highest BCUT2D eigenvalue weighted by molar-refractivity contribution is 6.32. The van der Waals surface area contributed by atoms with Crippen LogP contribution in [0.4, 0.5) is 0 Å². The van der Waals surface area contributed by atoms with Crippen molar-refractivity contribution in [1.82, 2.24) is 10.6 Å². The number of hydrogen-bond donors (Lipinski definition) is 2. The van der Waals surface area contributed by atoms with E-state index in [0.29, 0.717) is 22.1 Å². The van der Waals surface area contributed by atoms with Crippen LogP contribution in [0.1, 0.15) is 20.9 Å². The summed E-state index contributed by atoms with van der Waals surface area (Å²) in [5.74, 6) is 0.439. The number of ether oxygens (including phenoxy) is 2. The summed E-state index contributed by atoms with van der Waals surface area (Å²) in [6.07, 6.45) is 1.42. The number of hydrogen-bond acceptors (Lipinski definition) is 5. The number of fused-ring (bicyclic) bond motifs is 1. The van der Waals surface area contributed by atoms with Gasteiger partial charge in [0.05, 0.1) is 11.3 Å². The highest BCUT2D eigenvalue weighted by atomic mass is 35.5. The van der Waals surface area contributed by atoms with Crippen LogP contribution in [0, 0.1) is 0 Å². The summed E-state index contributed by atoms with van der Waals surface area (Å²) in [7, 11) is 0. The van der Waals surface area contributed by atoms with Crippen LogP contribution in [0.15, 0.2) is 34.9 Å². The van der Waals surface area contributed by atoms with Crippen molar-refractivity contribution in [3.05, 3.63) is 46.9 Å². The summed E-state index contributed by atoms with van der Waals surface area (Å²) in [4.78, 5) is 23.7. The molecular weight excluding hydrogens is 324 g/mol. The van der Waals surface area contributed by atoms with Crippen LogP contribution in [0.25, 0.3) is 0 Å². The lowest BCUT2D eigenvalue weighted by Gasteiger charge is -2.07. The summed E-state index contributed by atoms with van der Waals surface area (Å²) < 4.78 is 15.4. The second kappa shape index (κ2) is 6.62. The van der Waals surface area contributed by atoms with Gasteiger partial charge in [0.2, 0.25) is 6.79 Å². The topological polar surface area (TPSA) is 89.8 Å². The Kier molecular flexibility index (Phi) is 4.38. The van der Waals surface area contributed by atoms with Crippen LogP contribution >= 0.6 is 11.6 Å². The first-order chi connectivity index (χ1) is 11.1. The summed E-state index contributed by atoms with van der Waals surface area (Å²) in [6, 6.07) is 6.25. The quantitative estimate of drug-likeness (QED) is 0.813. The van der Waals surface area contributed by atoms with Crippen molar-refractivity contribution >= 4 is 23.4 Å². The van der Waals surface area contributed by atoms with E-state index in [2.05, 4.69) is 10.6 Å². The van der Waals surface area contributed by atoms with Crippen molar-refractivity contribution in [2.24, 2.45) is 0 Å². The highest BCUT2D eigenvalue weighted by Crippen LogP contribution is 2.39. The molecule has 0 bridgehead atoms. The third kappa shape index (κ3) is 3.40. The van der Waals surface area contributed by atoms with Gasteiger partial charge in [-0.3, -0.25) is 9.59 Å². The van der Waals surface area contributed by atoms with Gasteiger partial charge >= 0.3 is 0 Å². The fourth-order valence-corrected chi connectivity index (χ4v) is 2.31. The molecule has 2 heterocycles. The number of rotatable bonds is 5. The fourth-order valence-electron chi connectivity index (χ4n) is 2.05. The monoisotopic (exact) mass is 336 g/mol. The average molecular weight is 337 g/mol. The van der Waals surface area contributed by atoms with Gasteiger partial charge in [-0.1, -0.05) is 11.6 Å². The largest absolute Gasteiger partial charge is 0.459 e. The molecule has 1 aromatic carbocycles. The van der Waals surface area contributed by atoms with E-state index in [4.69, 9.17) is 25.5 Å². The van der Waals surface area contributed by atoms with Crippen LogP contribution in [0.2, 0.25) is 5.02 Å². The lowest BCUT2D eigenvalue weighted by Crippen LogP contribution is -2.34. The normalized spacial score (nSPS) is 12.0. The maximum absolute atomic E-state index is 12.1. The molecule has 1 aliphatic rings. The first kappa shape index (κ1) is 15.2. The summed E-state index contributed by atoms with van der Waals surface area (Å²) in [5.41, 5.74) is 0.358. The van der Waals surface area contributed by atoms with E-state index in [1.165, 1.54) is 12.3 Å². The van der Waals surface area contributed by atoms with Crippen LogP contribution < -0.4 is 20.1 Å². The van der Waals surface area contributed by atoms with Gasteiger partial charge in [-0.05, 0) is 24.3 Å². The van der Waals surface area contributed by atoms with Gasteiger partial charge in [-0.15, -0.1) is 0 Å². The molecule has 0 aliphatic carbocycles. The van der Waals surface area contributed by atoms with Gasteiger partial charge in [-0.2, -0.15) is 0 Å². The molecule has 0 atom stereocenters. The minimum absolute atomic E-state index is 0.0823. The Bertz CT molecular complexity index is 730. The van der Waals surface area contributed by atoms with Crippen molar-refractivity contribution in [2.45, 2.75) is 0 Å². The third-order valence-corrected chi connectivity index (χ3v) is 3.41. The molecule has 2 aromatic rings. The number of carbonyl (C=O) groups excluding carboxylic acids is 2.